The van der Waals surface area contributed by atoms with Crippen molar-refractivity contribution in [2.24, 2.45) is 0 Å². The van der Waals surface area contributed by atoms with Gasteiger partial charge in [-0.2, -0.15) is 4.31 Å². The van der Waals surface area contributed by atoms with Crippen LogP contribution in [0.25, 0.3) is 0 Å². The predicted molar refractivity (Wildman–Crippen MR) is 89.4 cm³/mol. The zero-order chi connectivity index (χ0) is 17.0. The lowest BCUT2D eigenvalue weighted by molar-refractivity contribution is 0.102. The summed E-state index contributed by atoms with van der Waals surface area (Å²) in [5.74, 6) is -0.412. The zero-order valence-electron chi connectivity index (χ0n) is 12.5. The van der Waals surface area contributed by atoms with E-state index in [4.69, 9.17) is 11.6 Å². The third-order valence-electron chi connectivity index (χ3n) is 3.00. The lowest BCUT2D eigenvalue weighted by Crippen LogP contribution is -2.30. The first kappa shape index (κ1) is 17.8. The molecule has 0 saturated carbocycles. The Morgan fingerprint density at radius 1 is 1.22 bits per heavy atom. The van der Waals surface area contributed by atoms with E-state index in [1.54, 1.807) is 38.1 Å². The van der Waals surface area contributed by atoms with Crippen LogP contribution >= 0.6 is 22.9 Å². The Bertz CT molecular complexity index is 786. The SMILES string of the molecule is CCN(CC)S(=O)(=O)c1nnc(NC(=O)c2ccc(Cl)cc2)s1. The van der Waals surface area contributed by atoms with E-state index in [9.17, 15) is 13.2 Å². The summed E-state index contributed by atoms with van der Waals surface area (Å²) >= 11 is 6.58. The molecule has 0 aliphatic heterocycles. The van der Waals surface area contributed by atoms with Crippen molar-refractivity contribution in [1.82, 2.24) is 14.5 Å². The monoisotopic (exact) mass is 374 g/mol. The highest BCUT2D eigenvalue weighted by Gasteiger charge is 2.26. The van der Waals surface area contributed by atoms with E-state index in [0.717, 1.165) is 11.3 Å². The van der Waals surface area contributed by atoms with Crippen molar-refractivity contribution in [1.29, 1.82) is 0 Å². The second-order valence-electron chi connectivity index (χ2n) is 4.42. The maximum absolute atomic E-state index is 12.3. The summed E-state index contributed by atoms with van der Waals surface area (Å²) in [4.78, 5) is 12.1. The standard InChI is InChI=1S/C13H15ClN4O3S2/c1-3-18(4-2)23(20,21)13-17-16-12(22-13)15-11(19)9-5-7-10(14)8-6-9/h5-8H,3-4H2,1-2H3,(H,15,16,19). The third kappa shape index (κ3) is 4.05. The number of aromatic nitrogens is 2. The average Bonchev–Trinajstić information content (AvgIpc) is 2.98. The molecule has 2 aromatic rings. The highest BCUT2D eigenvalue weighted by molar-refractivity contribution is 7.91. The van der Waals surface area contributed by atoms with Gasteiger partial charge in [0.05, 0.1) is 0 Å². The Balaban J connectivity index is 2.16. The first-order valence-corrected chi connectivity index (χ1v) is 9.42. The van der Waals surface area contributed by atoms with E-state index in [1.807, 2.05) is 0 Å². The molecule has 0 fully saturated rings. The number of rotatable bonds is 6. The second kappa shape index (κ2) is 7.35. The quantitative estimate of drug-likeness (QED) is 0.784. The molecule has 124 valence electrons. The van der Waals surface area contributed by atoms with Gasteiger partial charge < -0.3 is 0 Å². The number of carbonyl (C=O) groups is 1. The van der Waals surface area contributed by atoms with E-state index in [-0.39, 0.29) is 9.47 Å². The number of benzene rings is 1. The minimum Gasteiger partial charge on any atom is -0.296 e. The van der Waals surface area contributed by atoms with Crippen LogP contribution in [0.4, 0.5) is 5.13 Å². The molecule has 0 bridgehead atoms. The summed E-state index contributed by atoms with van der Waals surface area (Å²) in [6, 6.07) is 6.30. The molecule has 0 aliphatic rings. The number of sulfonamides is 1. The van der Waals surface area contributed by atoms with Gasteiger partial charge in [-0.05, 0) is 24.3 Å². The molecular weight excluding hydrogens is 360 g/mol. The summed E-state index contributed by atoms with van der Waals surface area (Å²) in [6.07, 6.45) is 0. The van der Waals surface area contributed by atoms with Crippen LogP contribution in [0.5, 0.6) is 0 Å². The number of carbonyl (C=O) groups excluding carboxylic acids is 1. The maximum Gasteiger partial charge on any atom is 0.272 e. The average molecular weight is 375 g/mol. The molecule has 23 heavy (non-hydrogen) atoms. The van der Waals surface area contributed by atoms with E-state index in [2.05, 4.69) is 15.5 Å². The number of nitrogens with zero attached hydrogens (tertiary/aromatic N) is 3. The van der Waals surface area contributed by atoms with Gasteiger partial charge in [0.25, 0.3) is 15.9 Å². The van der Waals surface area contributed by atoms with Gasteiger partial charge in [-0.3, -0.25) is 10.1 Å². The number of halogens is 1. The molecule has 7 nitrogen and oxygen atoms in total. The Morgan fingerprint density at radius 2 is 1.83 bits per heavy atom. The highest BCUT2D eigenvalue weighted by atomic mass is 35.5. The first-order chi connectivity index (χ1) is 10.9. The molecule has 2 rings (SSSR count). The topological polar surface area (TPSA) is 92.3 Å². The number of hydrogen-bond acceptors (Lipinski definition) is 6. The molecule has 1 aromatic heterocycles. The lowest BCUT2D eigenvalue weighted by Gasteiger charge is -2.15. The summed E-state index contributed by atoms with van der Waals surface area (Å²) in [5.41, 5.74) is 0.387. The van der Waals surface area contributed by atoms with Crippen LogP contribution in [0.15, 0.2) is 28.6 Å². The van der Waals surface area contributed by atoms with Crippen LogP contribution in [0, 0.1) is 0 Å². The van der Waals surface area contributed by atoms with Crippen LogP contribution in [0.2, 0.25) is 5.02 Å². The van der Waals surface area contributed by atoms with Crippen LogP contribution in [0.1, 0.15) is 24.2 Å². The van der Waals surface area contributed by atoms with Gasteiger partial charge >= 0.3 is 0 Å². The van der Waals surface area contributed by atoms with Crippen molar-refractivity contribution < 1.29 is 13.2 Å². The smallest absolute Gasteiger partial charge is 0.272 e. The third-order valence-corrected chi connectivity index (χ3v) is 6.49. The van der Waals surface area contributed by atoms with Crippen molar-refractivity contribution in [3.05, 3.63) is 34.9 Å². The van der Waals surface area contributed by atoms with E-state index in [1.165, 1.54) is 4.31 Å². The number of anilines is 1. The molecule has 0 unspecified atom stereocenters. The van der Waals surface area contributed by atoms with Gasteiger partial charge in [-0.15, -0.1) is 10.2 Å². The fraction of sp³-hybridized carbons (Fsp3) is 0.308. The fourth-order valence-corrected chi connectivity index (χ4v) is 4.43. The van der Waals surface area contributed by atoms with Crippen molar-refractivity contribution in [2.75, 3.05) is 18.4 Å². The normalized spacial score (nSPS) is 11.7. The number of amides is 1. The van der Waals surface area contributed by atoms with Crippen LogP contribution in [0.3, 0.4) is 0 Å². The van der Waals surface area contributed by atoms with E-state index < -0.39 is 15.9 Å². The largest absolute Gasteiger partial charge is 0.296 e. The van der Waals surface area contributed by atoms with Crippen molar-refractivity contribution in [3.63, 3.8) is 0 Å². The Labute approximate surface area is 143 Å². The summed E-state index contributed by atoms with van der Waals surface area (Å²) < 4.78 is 25.7. The fourth-order valence-electron chi connectivity index (χ4n) is 1.81. The van der Waals surface area contributed by atoms with Crippen LogP contribution in [-0.2, 0) is 10.0 Å². The zero-order valence-corrected chi connectivity index (χ0v) is 14.9. The van der Waals surface area contributed by atoms with Gasteiger partial charge in [0.15, 0.2) is 0 Å². The van der Waals surface area contributed by atoms with Crippen molar-refractivity contribution in [3.8, 4) is 0 Å². The number of hydrogen-bond donors (Lipinski definition) is 1. The molecule has 0 atom stereocenters. The Hall–Kier alpha value is -1.55. The molecule has 1 amide bonds. The lowest BCUT2D eigenvalue weighted by atomic mass is 10.2. The van der Waals surface area contributed by atoms with Gasteiger partial charge in [0.2, 0.25) is 9.47 Å². The molecule has 1 N–H and O–H groups in total. The van der Waals surface area contributed by atoms with Gasteiger partial charge in [0.1, 0.15) is 0 Å². The summed E-state index contributed by atoms with van der Waals surface area (Å²) in [6.45, 7) is 4.16. The maximum atomic E-state index is 12.3. The molecule has 0 aliphatic carbocycles. The van der Waals surface area contributed by atoms with Gasteiger partial charge in [0, 0.05) is 23.7 Å². The van der Waals surface area contributed by atoms with E-state index in [0.29, 0.717) is 23.7 Å². The molecule has 0 radical (unpaired) electrons. The van der Waals surface area contributed by atoms with Crippen molar-refractivity contribution >= 4 is 44.0 Å². The molecule has 0 spiro atoms. The second-order valence-corrected chi connectivity index (χ2v) is 7.95. The van der Waals surface area contributed by atoms with Gasteiger partial charge in [-0.25, -0.2) is 8.42 Å². The molecular formula is C13H15ClN4O3S2. The highest BCUT2D eigenvalue weighted by Crippen LogP contribution is 2.23. The minimum atomic E-state index is -3.68. The Kier molecular flexibility index (Phi) is 5.69. The van der Waals surface area contributed by atoms with Crippen molar-refractivity contribution in [2.45, 2.75) is 18.2 Å². The van der Waals surface area contributed by atoms with Crippen LogP contribution < -0.4 is 5.32 Å². The molecule has 1 heterocycles. The summed E-state index contributed by atoms with van der Waals surface area (Å²) in [7, 11) is -3.68. The molecule has 10 heteroatoms. The molecule has 1 aromatic carbocycles. The van der Waals surface area contributed by atoms with Gasteiger partial charge in [-0.1, -0.05) is 36.8 Å². The first-order valence-electron chi connectivity index (χ1n) is 6.79. The minimum absolute atomic E-state index is 0.121. The van der Waals surface area contributed by atoms with E-state index >= 15 is 0 Å². The Morgan fingerprint density at radius 3 is 2.39 bits per heavy atom. The number of nitrogens with one attached hydrogen (secondary N) is 1. The van der Waals surface area contributed by atoms with Crippen LogP contribution in [-0.4, -0.2) is 41.9 Å². The molecule has 0 saturated heterocycles. The summed E-state index contributed by atoms with van der Waals surface area (Å²) in [5, 5.41) is 10.6. The predicted octanol–water partition coefficient (Wildman–Crippen LogP) is 2.47.